The lowest BCUT2D eigenvalue weighted by molar-refractivity contribution is -0.136. The van der Waals surface area contributed by atoms with Gasteiger partial charge in [-0.25, -0.2) is 4.79 Å². The quantitative estimate of drug-likeness (QED) is 0.508. The molecule has 0 aromatic heterocycles. The van der Waals surface area contributed by atoms with Crippen LogP contribution < -0.4 is 0 Å². The second-order valence-electron chi connectivity index (χ2n) is 4.01. The molecule has 0 radical (unpaired) electrons. The van der Waals surface area contributed by atoms with Crippen molar-refractivity contribution in [3.63, 3.8) is 0 Å². The predicted molar refractivity (Wildman–Crippen MR) is 56.0 cm³/mol. The summed E-state index contributed by atoms with van der Waals surface area (Å²) in [5.41, 5.74) is 0.596. The third-order valence-electron chi connectivity index (χ3n) is 2.81. The molecule has 1 aliphatic heterocycles. The Hall–Kier alpha value is -0.830. The van der Waals surface area contributed by atoms with Crippen LogP contribution in [0.3, 0.4) is 0 Å². The lowest BCUT2D eigenvalue weighted by atomic mass is 10.1. The number of hydrogen-bond acceptors (Lipinski definition) is 3. The van der Waals surface area contributed by atoms with Gasteiger partial charge in [0.2, 0.25) is 0 Å². The first-order valence-electron chi connectivity index (χ1n) is 5.10. The van der Waals surface area contributed by atoms with E-state index in [0.29, 0.717) is 11.6 Å². The fraction of sp³-hybridized carbons (Fsp3) is 0.727. The SMILES string of the molecule is C=C(C(=O)OC)C1CCCN1C(C)C. The van der Waals surface area contributed by atoms with Gasteiger partial charge in [0.15, 0.2) is 0 Å². The van der Waals surface area contributed by atoms with E-state index in [2.05, 4.69) is 30.1 Å². The molecule has 0 saturated carbocycles. The largest absolute Gasteiger partial charge is 0.466 e. The van der Waals surface area contributed by atoms with Gasteiger partial charge >= 0.3 is 5.97 Å². The van der Waals surface area contributed by atoms with Crippen molar-refractivity contribution in [3.05, 3.63) is 12.2 Å². The van der Waals surface area contributed by atoms with Gasteiger partial charge in [0.05, 0.1) is 7.11 Å². The van der Waals surface area contributed by atoms with Gasteiger partial charge in [0, 0.05) is 17.7 Å². The number of esters is 1. The molecule has 0 aromatic carbocycles. The number of ether oxygens (including phenoxy) is 1. The number of rotatable bonds is 3. The molecule has 0 aromatic rings. The summed E-state index contributed by atoms with van der Waals surface area (Å²) in [6, 6.07) is 0.645. The molecule has 1 unspecified atom stereocenters. The van der Waals surface area contributed by atoms with Crippen molar-refractivity contribution in [2.24, 2.45) is 0 Å². The van der Waals surface area contributed by atoms with Gasteiger partial charge in [0.1, 0.15) is 0 Å². The monoisotopic (exact) mass is 197 g/mol. The summed E-state index contributed by atoms with van der Waals surface area (Å²) in [5.74, 6) is -0.275. The van der Waals surface area contributed by atoms with E-state index in [0.717, 1.165) is 19.4 Å². The van der Waals surface area contributed by atoms with Gasteiger partial charge in [-0.15, -0.1) is 0 Å². The predicted octanol–water partition coefficient (Wildman–Crippen LogP) is 1.59. The second kappa shape index (κ2) is 4.60. The van der Waals surface area contributed by atoms with Gasteiger partial charge in [-0.3, -0.25) is 4.90 Å². The molecule has 3 heteroatoms. The minimum absolute atomic E-state index is 0.183. The Labute approximate surface area is 85.7 Å². The van der Waals surface area contributed by atoms with Crippen molar-refractivity contribution in [2.75, 3.05) is 13.7 Å². The fourth-order valence-electron chi connectivity index (χ4n) is 2.05. The highest BCUT2D eigenvalue weighted by Gasteiger charge is 2.31. The summed E-state index contributed by atoms with van der Waals surface area (Å²) in [6.07, 6.45) is 2.16. The van der Waals surface area contributed by atoms with Crippen LogP contribution in [0, 0.1) is 0 Å². The lowest BCUT2D eigenvalue weighted by Gasteiger charge is -2.28. The highest BCUT2D eigenvalue weighted by atomic mass is 16.5. The Morgan fingerprint density at radius 3 is 2.71 bits per heavy atom. The van der Waals surface area contributed by atoms with E-state index in [9.17, 15) is 4.79 Å². The van der Waals surface area contributed by atoms with Crippen molar-refractivity contribution in [2.45, 2.75) is 38.8 Å². The molecule has 1 saturated heterocycles. The fourth-order valence-corrected chi connectivity index (χ4v) is 2.05. The van der Waals surface area contributed by atoms with E-state index in [4.69, 9.17) is 0 Å². The molecule has 14 heavy (non-hydrogen) atoms. The molecule has 0 N–H and O–H groups in total. The van der Waals surface area contributed by atoms with Crippen molar-refractivity contribution in [1.82, 2.24) is 4.90 Å². The van der Waals surface area contributed by atoms with Crippen LogP contribution in [0.4, 0.5) is 0 Å². The average Bonchev–Trinajstić information content (AvgIpc) is 2.63. The number of hydrogen-bond donors (Lipinski definition) is 0. The van der Waals surface area contributed by atoms with Crippen molar-refractivity contribution in [3.8, 4) is 0 Å². The van der Waals surface area contributed by atoms with Crippen LogP contribution in [0.5, 0.6) is 0 Å². The maximum atomic E-state index is 11.3. The molecule has 1 heterocycles. The molecule has 0 bridgehead atoms. The molecule has 80 valence electrons. The molecule has 1 fully saturated rings. The molecule has 0 aliphatic carbocycles. The molecule has 1 aliphatic rings. The maximum Gasteiger partial charge on any atom is 0.334 e. The Morgan fingerprint density at radius 1 is 1.57 bits per heavy atom. The first-order chi connectivity index (χ1) is 6.57. The Morgan fingerprint density at radius 2 is 2.21 bits per heavy atom. The summed E-state index contributed by atoms with van der Waals surface area (Å²) in [6.45, 7) is 9.16. The van der Waals surface area contributed by atoms with Crippen LogP contribution in [0.15, 0.2) is 12.2 Å². The average molecular weight is 197 g/mol. The van der Waals surface area contributed by atoms with Gasteiger partial charge in [-0.2, -0.15) is 0 Å². The summed E-state index contributed by atoms with van der Waals surface area (Å²) < 4.78 is 4.69. The summed E-state index contributed by atoms with van der Waals surface area (Å²) in [4.78, 5) is 13.6. The van der Waals surface area contributed by atoms with Crippen LogP contribution in [0.2, 0.25) is 0 Å². The summed E-state index contributed by atoms with van der Waals surface area (Å²) in [5, 5.41) is 0. The molecule has 1 rings (SSSR count). The number of likely N-dealkylation sites (tertiary alicyclic amines) is 1. The molecular formula is C11H19NO2. The normalized spacial score (nSPS) is 22.7. The van der Waals surface area contributed by atoms with Crippen LogP contribution in [-0.4, -0.2) is 36.6 Å². The first kappa shape index (κ1) is 11.2. The molecule has 3 nitrogen and oxygen atoms in total. The number of methoxy groups -OCH3 is 1. The van der Waals surface area contributed by atoms with E-state index >= 15 is 0 Å². The smallest absolute Gasteiger partial charge is 0.334 e. The highest BCUT2D eigenvalue weighted by molar-refractivity contribution is 5.89. The van der Waals surface area contributed by atoms with Crippen molar-refractivity contribution < 1.29 is 9.53 Å². The third-order valence-corrected chi connectivity index (χ3v) is 2.81. The van der Waals surface area contributed by atoms with Crippen LogP contribution >= 0.6 is 0 Å². The van der Waals surface area contributed by atoms with E-state index in [1.165, 1.54) is 7.11 Å². The van der Waals surface area contributed by atoms with Gasteiger partial charge in [-0.1, -0.05) is 6.58 Å². The first-order valence-corrected chi connectivity index (χ1v) is 5.10. The van der Waals surface area contributed by atoms with E-state index in [1.807, 2.05) is 0 Å². The van der Waals surface area contributed by atoms with Crippen LogP contribution in [0.25, 0.3) is 0 Å². The zero-order valence-corrected chi connectivity index (χ0v) is 9.25. The van der Waals surface area contributed by atoms with Crippen molar-refractivity contribution >= 4 is 5.97 Å². The van der Waals surface area contributed by atoms with Gasteiger partial charge in [0.25, 0.3) is 0 Å². The topological polar surface area (TPSA) is 29.5 Å². The zero-order chi connectivity index (χ0) is 10.7. The lowest BCUT2D eigenvalue weighted by Crippen LogP contribution is -2.38. The number of nitrogens with zero attached hydrogens (tertiary/aromatic N) is 1. The minimum Gasteiger partial charge on any atom is -0.466 e. The molecule has 0 spiro atoms. The van der Waals surface area contributed by atoms with E-state index < -0.39 is 0 Å². The minimum atomic E-state index is -0.275. The van der Waals surface area contributed by atoms with E-state index in [-0.39, 0.29) is 12.0 Å². The zero-order valence-electron chi connectivity index (χ0n) is 9.25. The Bertz CT molecular complexity index is 235. The molecule has 0 amide bonds. The highest BCUT2D eigenvalue weighted by Crippen LogP contribution is 2.25. The Kier molecular flexibility index (Phi) is 3.69. The third kappa shape index (κ3) is 2.15. The number of carbonyl (C=O) groups excluding carboxylic acids is 1. The summed E-state index contributed by atoms with van der Waals surface area (Å²) in [7, 11) is 1.40. The second-order valence-corrected chi connectivity index (χ2v) is 4.01. The maximum absolute atomic E-state index is 11.3. The standard InChI is InChI=1S/C11H19NO2/c1-8(2)12-7-5-6-10(12)9(3)11(13)14-4/h8,10H,3,5-7H2,1-2,4H3. The summed E-state index contributed by atoms with van der Waals surface area (Å²) >= 11 is 0. The van der Waals surface area contributed by atoms with Gasteiger partial charge < -0.3 is 4.74 Å². The van der Waals surface area contributed by atoms with Crippen molar-refractivity contribution in [1.29, 1.82) is 0 Å². The van der Waals surface area contributed by atoms with Crippen LogP contribution in [-0.2, 0) is 9.53 Å². The Balaban J connectivity index is 2.67. The molecular weight excluding hydrogens is 178 g/mol. The van der Waals surface area contributed by atoms with E-state index in [1.54, 1.807) is 0 Å². The van der Waals surface area contributed by atoms with Crippen LogP contribution in [0.1, 0.15) is 26.7 Å². The number of carbonyl (C=O) groups is 1. The van der Waals surface area contributed by atoms with Gasteiger partial charge in [-0.05, 0) is 33.2 Å². The molecule has 1 atom stereocenters.